The van der Waals surface area contributed by atoms with Gasteiger partial charge in [-0.15, -0.1) is 11.8 Å². The Bertz CT molecular complexity index is 982. The Hall–Kier alpha value is -1.74. The second-order valence-electron chi connectivity index (χ2n) is 7.79. The van der Waals surface area contributed by atoms with Gasteiger partial charge in [-0.2, -0.15) is 0 Å². The van der Waals surface area contributed by atoms with Crippen LogP contribution in [0.4, 0.5) is 0 Å². The van der Waals surface area contributed by atoms with Crippen LogP contribution < -0.4 is 0 Å². The number of nitrogens with zero attached hydrogens (tertiary/aromatic N) is 2. The van der Waals surface area contributed by atoms with Gasteiger partial charge in [0.1, 0.15) is 23.7 Å². The Morgan fingerprint density at radius 2 is 1.62 bits per heavy atom. The van der Waals surface area contributed by atoms with Gasteiger partial charge in [0.25, 0.3) is 17.7 Å². The van der Waals surface area contributed by atoms with E-state index in [1.165, 1.54) is 16.7 Å². The molecule has 0 N–H and O–H groups in total. The van der Waals surface area contributed by atoms with E-state index in [1.807, 2.05) is 13.8 Å². The fourth-order valence-corrected chi connectivity index (χ4v) is 5.00. The molecule has 32 heavy (non-hydrogen) atoms. The average Bonchev–Trinajstić information content (AvgIpc) is 2.94. The first kappa shape index (κ1) is 24.9. The van der Waals surface area contributed by atoms with Crippen molar-refractivity contribution in [1.29, 1.82) is 0 Å². The first-order valence-electron chi connectivity index (χ1n) is 9.72. The number of fused-ring (bicyclic) bond motifs is 1. The largest absolute Gasteiger partial charge is 0.456 e. The quantitative estimate of drug-likeness (QED) is 0.184. The van der Waals surface area contributed by atoms with Crippen LogP contribution in [0.3, 0.4) is 0 Å². The highest BCUT2D eigenvalue weighted by Gasteiger charge is 2.58. The Kier molecular flexibility index (Phi) is 7.20. The van der Waals surface area contributed by atoms with Gasteiger partial charge < -0.3 is 4.74 Å². The summed E-state index contributed by atoms with van der Waals surface area (Å²) >= 11 is 18.4. The van der Waals surface area contributed by atoms with Gasteiger partial charge in [0.15, 0.2) is 0 Å². The molecule has 0 saturated carbocycles. The number of β-lactam (4-membered cyclic amide) rings is 1. The van der Waals surface area contributed by atoms with E-state index < -0.39 is 45.5 Å². The third-order valence-corrected chi connectivity index (χ3v) is 6.42. The fourth-order valence-electron chi connectivity index (χ4n) is 3.56. The minimum atomic E-state index is -1.81. The molecule has 0 bridgehead atoms. The molecule has 0 spiro atoms. The third-order valence-electron chi connectivity index (χ3n) is 4.81. The van der Waals surface area contributed by atoms with Crippen molar-refractivity contribution in [3.05, 3.63) is 46.7 Å². The summed E-state index contributed by atoms with van der Waals surface area (Å²) in [6, 6.07) is 5.37. The molecule has 7 nitrogen and oxygen atoms in total. The predicted molar refractivity (Wildman–Crippen MR) is 124 cm³/mol. The Balaban J connectivity index is 1.93. The van der Waals surface area contributed by atoms with Gasteiger partial charge in [-0.1, -0.05) is 60.8 Å². The third kappa shape index (κ3) is 4.64. The van der Waals surface area contributed by atoms with Crippen LogP contribution >= 0.6 is 46.6 Å². The van der Waals surface area contributed by atoms with Crippen molar-refractivity contribution in [3.8, 4) is 0 Å². The molecule has 0 aromatic heterocycles. The van der Waals surface area contributed by atoms with Gasteiger partial charge in [0, 0.05) is 5.25 Å². The highest BCUT2D eigenvalue weighted by molar-refractivity contribution is 8.00. The average molecular weight is 520 g/mol. The van der Waals surface area contributed by atoms with Crippen LogP contribution in [0.2, 0.25) is 0 Å². The number of likely N-dealkylation sites (tertiary alicyclic amines) is 1. The molecule has 1 aromatic rings. The molecule has 2 heterocycles. The van der Waals surface area contributed by atoms with E-state index in [0.29, 0.717) is 5.57 Å². The molecule has 1 fully saturated rings. The minimum Gasteiger partial charge on any atom is -0.456 e. The van der Waals surface area contributed by atoms with Crippen LogP contribution in [0, 0.1) is 0 Å². The summed E-state index contributed by atoms with van der Waals surface area (Å²) < 4.78 is 3.29. The summed E-state index contributed by atoms with van der Waals surface area (Å²) in [5.41, 5.74) is 1.00. The zero-order valence-corrected chi connectivity index (χ0v) is 20.8. The minimum absolute atomic E-state index is 0.00439. The topological polar surface area (TPSA) is 84.0 Å². The number of benzene rings is 1. The number of allylic oxidation sites excluding steroid dienone is 1. The van der Waals surface area contributed by atoms with Crippen molar-refractivity contribution >= 4 is 70.3 Å². The van der Waals surface area contributed by atoms with E-state index >= 15 is 0 Å². The smallest absolute Gasteiger partial charge is 0.355 e. The summed E-state index contributed by atoms with van der Waals surface area (Å²) in [5.74, 6) is -2.45. The van der Waals surface area contributed by atoms with Crippen LogP contribution in [0.15, 0.2) is 35.5 Å². The number of rotatable bonds is 6. The number of esters is 1. The summed E-state index contributed by atoms with van der Waals surface area (Å²) in [5, 5.41) is -0.640. The molecule has 3 amide bonds. The number of carbonyl (C=O) groups is 4. The summed E-state index contributed by atoms with van der Waals surface area (Å²) in [4.78, 5) is 54.2. The second kappa shape index (κ2) is 9.25. The first-order chi connectivity index (χ1) is 14.8. The Morgan fingerprint density at radius 3 is 2.06 bits per heavy atom. The SMILES string of the molecule is CC(C)=C(C(=O)OCC(Cl)(Cl)Cl)N1C(=O)C(N2C(=O)c3ccccc3C2=O)C1SC(C)C. The highest BCUT2D eigenvalue weighted by Crippen LogP contribution is 2.42. The number of halogens is 3. The molecule has 2 aliphatic rings. The number of carbonyl (C=O) groups excluding carboxylic acids is 4. The maximum atomic E-state index is 13.3. The van der Waals surface area contributed by atoms with Gasteiger partial charge in [-0.3, -0.25) is 24.2 Å². The van der Waals surface area contributed by atoms with Crippen molar-refractivity contribution in [1.82, 2.24) is 9.80 Å². The fraction of sp³-hybridized carbons (Fsp3) is 0.429. The molecule has 11 heteroatoms. The van der Waals surface area contributed by atoms with E-state index in [1.54, 1.807) is 38.1 Å². The number of hydrogen-bond acceptors (Lipinski definition) is 6. The van der Waals surface area contributed by atoms with Crippen LogP contribution in [0.1, 0.15) is 48.4 Å². The number of imide groups is 1. The molecule has 1 saturated heterocycles. The van der Waals surface area contributed by atoms with Gasteiger partial charge in [-0.05, 0) is 31.6 Å². The number of thioether (sulfide) groups is 1. The van der Waals surface area contributed by atoms with Crippen molar-refractivity contribution in [3.63, 3.8) is 0 Å². The van der Waals surface area contributed by atoms with Gasteiger partial charge in [-0.25, -0.2) is 4.79 Å². The summed E-state index contributed by atoms with van der Waals surface area (Å²) in [6.45, 7) is 6.61. The van der Waals surface area contributed by atoms with Gasteiger partial charge in [0.2, 0.25) is 3.79 Å². The summed E-state index contributed by atoms with van der Waals surface area (Å²) in [7, 11) is 0. The molecule has 0 radical (unpaired) electrons. The van der Waals surface area contributed by atoms with Crippen molar-refractivity contribution in [2.45, 2.75) is 48.2 Å². The van der Waals surface area contributed by atoms with Crippen LogP contribution in [-0.4, -0.2) is 60.6 Å². The molecule has 3 rings (SSSR count). The monoisotopic (exact) mass is 518 g/mol. The number of ether oxygens (including phenoxy) is 1. The van der Waals surface area contributed by atoms with Crippen LogP contribution in [0.5, 0.6) is 0 Å². The zero-order chi connectivity index (χ0) is 24.0. The summed E-state index contributed by atoms with van der Waals surface area (Å²) in [6.07, 6.45) is 0. The standard InChI is InChI=1S/C21H21Cl3N2O5S/c1-10(2)14(20(30)31-9-21(22,23)24)26-18(29)15(19(26)32-11(3)4)25-16(27)12-7-5-6-8-13(12)17(25)28/h5-8,11,15,19H,9H2,1-4H3. The van der Waals surface area contributed by atoms with E-state index in [-0.39, 0.29) is 22.1 Å². The number of amides is 3. The lowest BCUT2D eigenvalue weighted by Crippen LogP contribution is -2.70. The maximum absolute atomic E-state index is 13.3. The lowest BCUT2D eigenvalue weighted by molar-refractivity contribution is -0.153. The van der Waals surface area contributed by atoms with E-state index in [0.717, 1.165) is 4.90 Å². The van der Waals surface area contributed by atoms with E-state index in [2.05, 4.69) is 0 Å². The molecule has 172 valence electrons. The lowest BCUT2D eigenvalue weighted by atomic mass is 10.0. The normalized spacial score (nSPS) is 20.4. The Labute approximate surface area is 205 Å². The molecule has 2 unspecified atom stereocenters. The first-order valence-corrected chi connectivity index (χ1v) is 11.8. The molecule has 2 atom stereocenters. The van der Waals surface area contributed by atoms with Crippen molar-refractivity contribution < 1.29 is 23.9 Å². The Morgan fingerprint density at radius 1 is 1.09 bits per heavy atom. The molecule has 0 aliphatic carbocycles. The van der Waals surface area contributed by atoms with Gasteiger partial charge in [0.05, 0.1) is 11.1 Å². The van der Waals surface area contributed by atoms with E-state index in [4.69, 9.17) is 39.5 Å². The van der Waals surface area contributed by atoms with Crippen molar-refractivity contribution in [2.24, 2.45) is 0 Å². The lowest BCUT2D eigenvalue weighted by Gasteiger charge is -2.50. The van der Waals surface area contributed by atoms with Crippen molar-refractivity contribution in [2.75, 3.05) is 6.61 Å². The molecule has 1 aromatic carbocycles. The molecular formula is C21H21Cl3N2O5S. The molecule has 2 aliphatic heterocycles. The molecular weight excluding hydrogens is 499 g/mol. The second-order valence-corrected chi connectivity index (χ2v) is 12.0. The number of hydrogen-bond donors (Lipinski definition) is 0. The van der Waals surface area contributed by atoms with Crippen LogP contribution in [0.25, 0.3) is 0 Å². The van der Waals surface area contributed by atoms with Crippen LogP contribution in [-0.2, 0) is 14.3 Å². The zero-order valence-electron chi connectivity index (χ0n) is 17.7. The van der Waals surface area contributed by atoms with E-state index in [9.17, 15) is 19.2 Å². The maximum Gasteiger partial charge on any atom is 0.355 e. The number of alkyl halides is 3. The van der Waals surface area contributed by atoms with Gasteiger partial charge >= 0.3 is 5.97 Å². The predicted octanol–water partition coefficient (Wildman–Crippen LogP) is 4.17. The highest BCUT2D eigenvalue weighted by atomic mass is 35.6.